The molecule has 0 aromatic rings. The first-order valence-electron chi connectivity index (χ1n) is 4.27. The average molecular weight is 182 g/mol. The lowest BCUT2D eigenvalue weighted by Gasteiger charge is -2.02. The lowest BCUT2D eigenvalue weighted by Crippen LogP contribution is -2.00. The summed E-state index contributed by atoms with van der Waals surface area (Å²) >= 11 is 0. The van der Waals surface area contributed by atoms with Crippen molar-refractivity contribution in [2.75, 3.05) is 6.61 Å². The molecule has 2 aliphatic rings. The van der Waals surface area contributed by atoms with Gasteiger partial charge in [0.1, 0.15) is 5.75 Å². The Morgan fingerprint density at radius 3 is 2.08 bits per heavy atom. The highest BCUT2D eigenvalue weighted by Gasteiger charge is 2.00. The quantitative estimate of drug-likeness (QED) is 0.642. The third-order valence-corrected chi connectivity index (χ3v) is 1.86. The molecule has 0 amide bonds. The van der Waals surface area contributed by atoms with E-state index in [2.05, 4.69) is 0 Å². The Labute approximate surface area is 76.6 Å². The number of phenols is 1. The highest BCUT2D eigenvalue weighted by atomic mass is 16.3. The van der Waals surface area contributed by atoms with Crippen molar-refractivity contribution in [1.82, 2.24) is 0 Å². The molecular formula is C10H14O3. The number of aromatic hydroxyl groups is 1. The summed E-state index contributed by atoms with van der Waals surface area (Å²) in [6.45, 7) is 1.73. The Morgan fingerprint density at radius 1 is 1.38 bits per heavy atom. The summed E-state index contributed by atoms with van der Waals surface area (Å²) in [6, 6.07) is 5.65. The summed E-state index contributed by atoms with van der Waals surface area (Å²) in [4.78, 5) is 0. The lowest BCUT2D eigenvalue weighted by atomic mass is 10.1. The maximum atomic E-state index is 8.69. The standard InChI is InChI=1S/C6H4O.C4H10O2/c7-6-3-4-1-2-5(4)6;1-4(6)2-3-5/h1-3,7H;4-6H,2-3H2,1H3. The fourth-order valence-electron chi connectivity index (χ4n) is 0.956. The van der Waals surface area contributed by atoms with E-state index < -0.39 is 0 Å². The van der Waals surface area contributed by atoms with Crippen molar-refractivity contribution in [2.24, 2.45) is 0 Å². The zero-order valence-corrected chi connectivity index (χ0v) is 7.57. The molecule has 0 aromatic heterocycles. The van der Waals surface area contributed by atoms with Gasteiger partial charge in [-0.2, -0.15) is 0 Å². The molecule has 0 radical (unpaired) electrons. The highest BCUT2D eigenvalue weighted by molar-refractivity contribution is 5.37. The number of benzene rings is 1. The van der Waals surface area contributed by atoms with E-state index in [1.54, 1.807) is 13.0 Å². The van der Waals surface area contributed by atoms with Crippen LogP contribution in [0.15, 0.2) is 18.2 Å². The Bertz CT molecular complexity index is 357. The van der Waals surface area contributed by atoms with E-state index in [1.807, 2.05) is 12.1 Å². The van der Waals surface area contributed by atoms with Crippen LogP contribution in [0, 0.1) is 10.4 Å². The van der Waals surface area contributed by atoms with Crippen molar-refractivity contribution in [1.29, 1.82) is 0 Å². The maximum Gasteiger partial charge on any atom is 0.124 e. The fraction of sp³-hybridized carbons (Fsp3) is 0.400. The molecule has 0 bridgehead atoms. The van der Waals surface area contributed by atoms with Gasteiger partial charge in [0.15, 0.2) is 0 Å². The molecule has 3 nitrogen and oxygen atoms in total. The van der Waals surface area contributed by atoms with Crippen LogP contribution in [0.2, 0.25) is 0 Å². The average Bonchev–Trinajstić information content (AvgIpc) is 2.00. The summed E-state index contributed by atoms with van der Waals surface area (Å²) in [7, 11) is 0. The normalized spacial score (nSPS) is 12.8. The summed E-state index contributed by atoms with van der Waals surface area (Å²) in [5.41, 5.74) is 0. The van der Waals surface area contributed by atoms with Crippen molar-refractivity contribution in [3.63, 3.8) is 0 Å². The maximum absolute atomic E-state index is 8.69. The molecule has 1 unspecified atom stereocenters. The topological polar surface area (TPSA) is 60.7 Å². The molecule has 2 aliphatic carbocycles. The minimum absolute atomic E-state index is 0.0810. The van der Waals surface area contributed by atoms with Gasteiger partial charge in [0, 0.05) is 11.8 Å². The van der Waals surface area contributed by atoms with Gasteiger partial charge in [0.05, 0.1) is 6.10 Å². The minimum atomic E-state index is -0.352. The van der Waals surface area contributed by atoms with Crippen LogP contribution >= 0.6 is 0 Å². The number of aliphatic hydroxyl groups is 2. The van der Waals surface area contributed by atoms with E-state index >= 15 is 0 Å². The van der Waals surface area contributed by atoms with Gasteiger partial charge in [0.2, 0.25) is 0 Å². The Hall–Kier alpha value is -1.06. The van der Waals surface area contributed by atoms with E-state index in [4.69, 9.17) is 15.3 Å². The summed E-state index contributed by atoms with van der Waals surface area (Å²) in [5.74, 6) is 0.442. The summed E-state index contributed by atoms with van der Waals surface area (Å²) in [6.07, 6.45) is 0.134. The summed E-state index contributed by atoms with van der Waals surface area (Å²) in [5, 5.41) is 27.4. The molecule has 0 heterocycles. The molecule has 3 heteroatoms. The zero-order chi connectivity index (χ0) is 9.84. The second-order valence-electron chi connectivity index (χ2n) is 3.09. The molecule has 13 heavy (non-hydrogen) atoms. The van der Waals surface area contributed by atoms with Gasteiger partial charge >= 0.3 is 0 Å². The van der Waals surface area contributed by atoms with E-state index in [0.717, 1.165) is 5.22 Å². The number of hydrogen-bond acceptors (Lipinski definition) is 3. The second-order valence-corrected chi connectivity index (χ2v) is 3.09. The molecule has 0 aromatic carbocycles. The van der Waals surface area contributed by atoms with Gasteiger partial charge in [-0.1, -0.05) is 12.1 Å². The Balaban J connectivity index is 0.000000133. The third kappa shape index (κ3) is 2.44. The number of aliphatic hydroxyl groups excluding tert-OH is 2. The lowest BCUT2D eigenvalue weighted by molar-refractivity contribution is 0.148. The van der Waals surface area contributed by atoms with Crippen molar-refractivity contribution in [2.45, 2.75) is 19.4 Å². The van der Waals surface area contributed by atoms with Crippen LogP contribution in [0.5, 0.6) is 5.75 Å². The van der Waals surface area contributed by atoms with Gasteiger partial charge in [0.25, 0.3) is 0 Å². The van der Waals surface area contributed by atoms with Crippen molar-refractivity contribution in [3.05, 3.63) is 28.6 Å². The predicted octanol–water partition coefficient (Wildman–Crippen LogP) is 0.742. The van der Waals surface area contributed by atoms with Gasteiger partial charge in [-0.25, -0.2) is 0 Å². The van der Waals surface area contributed by atoms with E-state index in [1.165, 1.54) is 5.22 Å². The van der Waals surface area contributed by atoms with Gasteiger partial charge < -0.3 is 15.3 Å². The van der Waals surface area contributed by atoms with Crippen LogP contribution in [0.4, 0.5) is 0 Å². The molecule has 0 spiro atoms. The van der Waals surface area contributed by atoms with Gasteiger partial charge in [-0.15, -0.1) is 0 Å². The van der Waals surface area contributed by atoms with Gasteiger partial charge in [-0.05, 0) is 24.6 Å². The Kier molecular flexibility index (Phi) is 3.28. The smallest absolute Gasteiger partial charge is 0.124 e. The number of rotatable bonds is 2. The zero-order valence-electron chi connectivity index (χ0n) is 7.57. The molecule has 3 N–H and O–H groups in total. The number of hydrogen-bond donors (Lipinski definition) is 3. The molecule has 0 fully saturated rings. The molecular weight excluding hydrogens is 168 g/mol. The van der Waals surface area contributed by atoms with Crippen LogP contribution in [0.3, 0.4) is 0 Å². The van der Waals surface area contributed by atoms with Crippen LogP contribution in [0.25, 0.3) is 0 Å². The molecule has 72 valence electrons. The highest BCUT2D eigenvalue weighted by Crippen LogP contribution is 2.21. The Morgan fingerprint density at radius 2 is 2.08 bits per heavy atom. The van der Waals surface area contributed by atoms with Crippen LogP contribution in [0.1, 0.15) is 13.3 Å². The first kappa shape index (κ1) is 10.0. The van der Waals surface area contributed by atoms with E-state index in [0.29, 0.717) is 12.2 Å². The first-order valence-corrected chi connectivity index (χ1v) is 4.27. The molecule has 0 aliphatic heterocycles. The molecule has 2 rings (SSSR count). The third-order valence-electron chi connectivity index (χ3n) is 1.86. The molecule has 0 saturated heterocycles. The van der Waals surface area contributed by atoms with Crippen LogP contribution in [-0.4, -0.2) is 28.0 Å². The van der Waals surface area contributed by atoms with Crippen LogP contribution in [-0.2, 0) is 0 Å². The monoisotopic (exact) mass is 182 g/mol. The van der Waals surface area contributed by atoms with Crippen molar-refractivity contribution < 1.29 is 15.3 Å². The van der Waals surface area contributed by atoms with Crippen molar-refractivity contribution >= 4 is 0 Å². The summed E-state index contributed by atoms with van der Waals surface area (Å²) < 4.78 is 0. The van der Waals surface area contributed by atoms with Gasteiger partial charge in [-0.3, -0.25) is 0 Å². The molecule has 1 atom stereocenters. The van der Waals surface area contributed by atoms with Crippen molar-refractivity contribution in [3.8, 4) is 5.75 Å². The minimum Gasteiger partial charge on any atom is -0.507 e. The van der Waals surface area contributed by atoms with E-state index in [-0.39, 0.29) is 12.7 Å². The number of phenolic OH excluding ortho intramolecular Hbond substituents is 1. The van der Waals surface area contributed by atoms with Crippen LogP contribution < -0.4 is 0 Å². The predicted molar refractivity (Wildman–Crippen MR) is 49.2 cm³/mol. The second kappa shape index (κ2) is 4.25. The molecule has 0 saturated carbocycles. The largest absolute Gasteiger partial charge is 0.507 e. The SMILES string of the molecule is CC(O)CCO.Oc1cc2ccc1=2. The first-order chi connectivity index (χ1) is 6.15. The van der Waals surface area contributed by atoms with E-state index in [9.17, 15) is 0 Å². The fourth-order valence-corrected chi connectivity index (χ4v) is 0.956.